The number of ether oxygens (including phenoxy) is 4. The van der Waals surface area contributed by atoms with E-state index in [0.717, 1.165) is 19.5 Å². The number of hydrogen-bond acceptors (Lipinski definition) is 10. The number of anilines is 1. The molecule has 13 heteroatoms. The molecular formula is C30H37N7O6. The summed E-state index contributed by atoms with van der Waals surface area (Å²) in [6.45, 7) is 12.3. The zero-order valence-corrected chi connectivity index (χ0v) is 25.0. The predicted octanol–water partition coefficient (Wildman–Crippen LogP) is 3.19. The third kappa shape index (κ3) is 5.03. The summed E-state index contributed by atoms with van der Waals surface area (Å²) in [7, 11) is 0. The van der Waals surface area contributed by atoms with Gasteiger partial charge in [-0.3, -0.25) is 19.2 Å². The first kappa shape index (κ1) is 28.1. The lowest BCUT2D eigenvalue weighted by Gasteiger charge is -2.62. The number of imidazole rings is 1. The number of carbonyl (C=O) groups is 2. The molecule has 1 aromatic carbocycles. The Kier molecular flexibility index (Phi) is 6.51. The normalized spacial score (nSPS) is 27.5. The molecule has 1 N–H and O–H groups in total. The fourth-order valence-electron chi connectivity index (χ4n) is 6.57. The van der Waals surface area contributed by atoms with Gasteiger partial charge in [-0.25, -0.2) is 19.7 Å². The Labute approximate surface area is 249 Å². The van der Waals surface area contributed by atoms with Crippen molar-refractivity contribution in [2.45, 2.75) is 82.5 Å². The molecule has 4 aliphatic rings. The molecule has 228 valence electrons. The topological polar surface area (TPSA) is 133 Å². The first-order valence-corrected chi connectivity index (χ1v) is 14.7. The fraction of sp³-hybridized carbons (Fsp3) is 0.567. The molecule has 1 spiro atoms. The van der Waals surface area contributed by atoms with E-state index in [0.29, 0.717) is 35.6 Å². The summed E-state index contributed by atoms with van der Waals surface area (Å²) in [5, 5.41) is 2.85. The van der Waals surface area contributed by atoms with Gasteiger partial charge in [0.1, 0.15) is 30.2 Å². The van der Waals surface area contributed by atoms with Gasteiger partial charge >= 0.3 is 6.09 Å². The third-order valence-corrected chi connectivity index (χ3v) is 8.49. The molecule has 43 heavy (non-hydrogen) atoms. The second-order valence-electron chi connectivity index (χ2n) is 13.3. The Balaban J connectivity index is 1.07. The first-order valence-electron chi connectivity index (χ1n) is 14.7. The average Bonchev–Trinajstić information content (AvgIpc) is 3.56. The highest BCUT2D eigenvalue weighted by atomic mass is 16.8. The van der Waals surface area contributed by atoms with E-state index in [4.69, 9.17) is 18.9 Å². The summed E-state index contributed by atoms with van der Waals surface area (Å²) in [5.74, 6) is -0.757. The molecule has 4 atom stereocenters. The van der Waals surface area contributed by atoms with Crippen LogP contribution in [-0.2, 0) is 18.9 Å². The van der Waals surface area contributed by atoms with Gasteiger partial charge in [0.25, 0.3) is 5.91 Å². The maximum absolute atomic E-state index is 12.8. The van der Waals surface area contributed by atoms with Gasteiger partial charge in [-0.05, 0) is 53.2 Å². The van der Waals surface area contributed by atoms with E-state index in [1.165, 1.54) is 6.33 Å². The van der Waals surface area contributed by atoms with E-state index in [1.807, 2.05) is 50.2 Å². The van der Waals surface area contributed by atoms with Crippen LogP contribution in [0.1, 0.15) is 57.6 Å². The molecule has 0 saturated carbocycles. The number of nitrogens with one attached hydrogen (secondary N) is 1. The average molecular weight is 592 g/mol. The zero-order valence-electron chi connectivity index (χ0n) is 25.0. The molecule has 0 bridgehead atoms. The number of nitrogens with zero attached hydrogens (tertiary/aromatic N) is 6. The van der Waals surface area contributed by atoms with Crippen LogP contribution in [0, 0.1) is 0 Å². The lowest BCUT2D eigenvalue weighted by Crippen LogP contribution is -2.78. The van der Waals surface area contributed by atoms with Crippen LogP contribution in [0.15, 0.2) is 43.0 Å². The van der Waals surface area contributed by atoms with Gasteiger partial charge in [0, 0.05) is 31.7 Å². The molecule has 0 radical (unpaired) electrons. The maximum atomic E-state index is 12.8. The van der Waals surface area contributed by atoms with Crippen LogP contribution in [0.2, 0.25) is 0 Å². The summed E-state index contributed by atoms with van der Waals surface area (Å²) in [6, 6.07) is 8.93. The summed E-state index contributed by atoms with van der Waals surface area (Å²) in [4.78, 5) is 43.0. The van der Waals surface area contributed by atoms with E-state index in [-0.39, 0.29) is 29.7 Å². The number of carbonyl (C=O) groups excluding carboxylic acids is 2. The largest absolute Gasteiger partial charge is 0.444 e. The molecular weight excluding hydrogens is 554 g/mol. The summed E-state index contributed by atoms with van der Waals surface area (Å²) in [6.07, 6.45) is 2.21. The molecule has 0 unspecified atom stereocenters. The number of fused-ring (bicyclic) bond motifs is 2. The van der Waals surface area contributed by atoms with Gasteiger partial charge in [-0.1, -0.05) is 18.2 Å². The molecule has 7 rings (SSSR count). The number of rotatable bonds is 5. The number of hydrogen-bond donors (Lipinski definition) is 1. The van der Waals surface area contributed by atoms with Crippen LogP contribution in [-0.4, -0.2) is 103 Å². The molecule has 4 saturated heterocycles. The summed E-state index contributed by atoms with van der Waals surface area (Å²) >= 11 is 0. The molecule has 6 heterocycles. The van der Waals surface area contributed by atoms with Crippen LogP contribution in [0.3, 0.4) is 0 Å². The van der Waals surface area contributed by atoms with E-state index < -0.39 is 23.7 Å². The van der Waals surface area contributed by atoms with Crippen molar-refractivity contribution < 1.29 is 28.5 Å². The highest BCUT2D eigenvalue weighted by Gasteiger charge is 2.60. The molecule has 2 amide bonds. The van der Waals surface area contributed by atoms with E-state index in [2.05, 4.69) is 25.2 Å². The quantitative estimate of drug-likeness (QED) is 0.472. The van der Waals surface area contributed by atoms with Crippen LogP contribution >= 0.6 is 0 Å². The van der Waals surface area contributed by atoms with Crippen molar-refractivity contribution in [2.75, 3.05) is 31.5 Å². The van der Waals surface area contributed by atoms with Crippen molar-refractivity contribution >= 4 is 29.0 Å². The lowest BCUT2D eigenvalue weighted by molar-refractivity contribution is -0.203. The van der Waals surface area contributed by atoms with Gasteiger partial charge in [-0.2, -0.15) is 0 Å². The highest BCUT2D eigenvalue weighted by molar-refractivity contribution is 6.06. The van der Waals surface area contributed by atoms with Crippen molar-refractivity contribution in [1.29, 1.82) is 0 Å². The van der Waals surface area contributed by atoms with Crippen LogP contribution < -0.4 is 5.32 Å². The van der Waals surface area contributed by atoms with Crippen LogP contribution in [0.25, 0.3) is 11.2 Å². The Morgan fingerprint density at radius 2 is 1.81 bits per heavy atom. The molecule has 4 fully saturated rings. The Bertz CT molecular complexity index is 1550. The van der Waals surface area contributed by atoms with Crippen molar-refractivity contribution in [3.8, 4) is 0 Å². The standard InChI is InChI=1S/C30H37N7O6/c1-28(2,3)43-27(39)37-12-11-30(37)14-35(15-30)13-19-21-22(42-29(4,5)41-21)26(40-19)36-17-33-20-23(31-16-32-24(20)36)34-25(38)18-9-7-6-8-10-18/h6-10,16-17,19,21-22,26H,11-15H2,1-5H3,(H,31,32,34,38)/t19-,21-,22-,26-/m1/s1. The Hall–Kier alpha value is -3.65. The molecule has 0 aliphatic carbocycles. The number of benzene rings is 1. The van der Waals surface area contributed by atoms with Crippen molar-refractivity contribution in [1.82, 2.24) is 29.3 Å². The van der Waals surface area contributed by atoms with Gasteiger partial charge < -0.3 is 24.3 Å². The Morgan fingerprint density at radius 3 is 2.51 bits per heavy atom. The summed E-state index contributed by atoms with van der Waals surface area (Å²) in [5.41, 5.74) is 0.778. The zero-order chi connectivity index (χ0) is 30.1. The molecule has 3 aromatic rings. The van der Waals surface area contributed by atoms with Gasteiger partial charge in [0.05, 0.1) is 11.9 Å². The second-order valence-corrected chi connectivity index (χ2v) is 13.3. The minimum Gasteiger partial charge on any atom is -0.444 e. The third-order valence-electron chi connectivity index (χ3n) is 8.49. The van der Waals surface area contributed by atoms with Crippen molar-refractivity contribution in [3.05, 3.63) is 48.5 Å². The van der Waals surface area contributed by atoms with Gasteiger partial charge in [0.2, 0.25) is 0 Å². The maximum Gasteiger partial charge on any atom is 0.410 e. The molecule has 13 nitrogen and oxygen atoms in total. The molecule has 2 aromatic heterocycles. The Morgan fingerprint density at radius 1 is 1.07 bits per heavy atom. The van der Waals surface area contributed by atoms with Crippen LogP contribution in [0.5, 0.6) is 0 Å². The number of amides is 2. The van der Waals surface area contributed by atoms with E-state index >= 15 is 0 Å². The SMILES string of the molecule is CC(C)(C)OC(=O)N1CCC12CN(C[C@H]1O[C@@H](n3cnc4c(NC(=O)c5ccccc5)ncnc43)[C@@H]3OC(C)(C)O[C@@H]31)C2. The van der Waals surface area contributed by atoms with Crippen LogP contribution in [0.4, 0.5) is 10.6 Å². The van der Waals surface area contributed by atoms with Gasteiger partial charge in [0.15, 0.2) is 29.0 Å². The highest BCUT2D eigenvalue weighted by Crippen LogP contribution is 2.46. The van der Waals surface area contributed by atoms with Crippen molar-refractivity contribution in [2.24, 2.45) is 0 Å². The minimum absolute atomic E-state index is 0.176. The van der Waals surface area contributed by atoms with E-state index in [9.17, 15) is 9.59 Å². The van der Waals surface area contributed by atoms with Gasteiger partial charge in [-0.15, -0.1) is 0 Å². The number of likely N-dealkylation sites (tertiary alicyclic amines) is 2. The lowest BCUT2D eigenvalue weighted by atomic mass is 9.77. The number of aromatic nitrogens is 4. The smallest absolute Gasteiger partial charge is 0.410 e. The first-order chi connectivity index (χ1) is 20.4. The second kappa shape index (κ2) is 9.94. The van der Waals surface area contributed by atoms with E-state index in [1.54, 1.807) is 30.6 Å². The minimum atomic E-state index is -0.784. The predicted molar refractivity (Wildman–Crippen MR) is 154 cm³/mol. The fourth-order valence-corrected chi connectivity index (χ4v) is 6.57. The summed E-state index contributed by atoms with van der Waals surface area (Å²) < 4.78 is 26.8. The van der Waals surface area contributed by atoms with Crippen molar-refractivity contribution in [3.63, 3.8) is 0 Å². The molecule has 4 aliphatic heterocycles. The monoisotopic (exact) mass is 591 g/mol.